The molecule has 0 unspecified atom stereocenters. The molecule has 6 heteroatoms. The molecule has 4 nitrogen and oxygen atoms in total. The minimum absolute atomic E-state index is 0.623. The highest BCUT2D eigenvalue weighted by Gasteiger charge is 2.46. The van der Waals surface area contributed by atoms with Crippen LogP contribution in [0.5, 0.6) is 0 Å². The molecule has 0 amide bonds. The van der Waals surface area contributed by atoms with Gasteiger partial charge in [-0.2, -0.15) is 0 Å². The summed E-state index contributed by atoms with van der Waals surface area (Å²) < 4.78 is 13.9. The molecule has 0 aromatic heterocycles. The fraction of sp³-hybridized carbons (Fsp3) is 0.0732. The molecular formula is C41H38N2O2Si2. The number of oxime groups is 2. The lowest BCUT2D eigenvalue weighted by atomic mass is 10.2. The van der Waals surface area contributed by atoms with Gasteiger partial charge < -0.3 is 9.05 Å². The second-order valence-corrected chi connectivity index (χ2v) is 17.9. The van der Waals surface area contributed by atoms with E-state index in [1.54, 1.807) is 0 Å². The van der Waals surface area contributed by atoms with Crippen LogP contribution in [0.2, 0.25) is 0 Å². The minimum atomic E-state index is -3.04. The van der Waals surface area contributed by atoms with Crippen molar-refractivity contribution in [2.75, 3.05) is 0 Å². The van der Waals surface area contributed by atoms with Crippen LogP contribution in [0, 0.1) is 0 Å². The van der Waals surface area contributed by atoms with Gasteiger partial charge in [0.2, 0.25) is 0 Å². The third-order valence-electron chi connectivity index (χ3n) is 8.45. The van der Waals surface area contributed by atoms with E-state index in [0.717, 1.165) is 36.8 Å². The summed E-state index contributed by atoms with van der Waals surface area (Å²) in [7, 11) is -6.08. The molecule has 0 N–H and O–H groups in total. The predicted molar refractivity (Wildman–Crippen MR) is 201 cm³/mol. The van der Waals surface area contributed by atoms with E-state index >= 15 is 0 Å². The molecule has 6 rings (SSSR count). The molecule has 0 fully saturated rings. The summed E-state index contributed by atoms with van der Waals surface area (Å²) in [5, 5.41) is 16.5. The maximum absolute atomic E-state index is 6.95. The van der Waals surface area contributed by atoms with Gasteiger partial charge in [-0.1, -0.05) is 189 Å². The number of nitrogens with zero attached hydrogens (tertiary/aromatic N) is 2. The van der Waals surface area contributed by atoms with E-state index in [-0.39, 0.29) is 0 Å². The average Bonchev–Trinajstić information content (AvgIpc) is 3.16. The van der Waals surface area contributed by atoms with Crippen LogP contribution >= 0.6 is 0 Å². The number of hydrogen-bond acceptors (Lipinski definition) is 4. The predicted octanol–water partition coefficient (Wildman–Crippen LogP) is 5.50. The van der Waals surface area contributed by atoms with Crippen LogP contribution in [0.4, 0.5) is 0 Å². The summed E-state index contributed by atoms with van der Waals surface area (Å²) in [5.41, 5.74) is 1.42. The monoisotopic (exact) mass is 646 g/mol. The van der Waals surface area contributed by atoms with Crippen LogP contribution in [0.3, 0.4) is 0 Å². The Morgan fingerprint density at radius 1 is 0.404 bits per heavy atom. The lowest BCUT2D eigenvalue weighted by Gasteiger charge is -2.31. The van der Waals surface area contributed by atoms with E-state index in [2.05, 4.69) is 153 Å². The van der Waals surface area contributed by atoms with Crippen molar-refractivity contribution in [2.24, 2.45) is 10.3 Å². The van der Waals surface area contributed by atoms with Crippen molar-refractivity contribution in [1.82, 2.24) is 0 Å². The van der Waals surface area contributed by atoms with Crippen molar-refractivity contribution in [3.8, 4) is 0 Å². The summed E-state index contributed by atoms with van der Waals surface area (Å²) in [6.45, 7) is 4.04. The topological polar surface area (TPSA) is 43.2 Å². The van der Waals surface area contributed by atoms with Gasteiger partial charge in [0, 0.05) is 0 Å². The molecule has 47 heavy (non-hydrogen) atoms. The fourth-order valence-corrected chi connectivity index (χ4v) is 13.2. The molecule has 0 saturated carbocycles. The molecule has 6 aromatic carbocycles. The third kappa shape index (κ3) is 6.52. The molecule has 0 saturated heterocycles. The molecule has 0 spiro atoms. The number of benzene rings is 6. The van der Waals surface area contributed by atoms with Crippen LogP contribution in [0.15, 0.2) is 192 Å². The molecule has 0 aliphatic rings. The molecule has 0 atom stereocenters. The van der Waals surface area contributed by atoms with E-state index in [1.807, 2.05) is 43.3 Å². The zero-order valence-electron chi connectivity index (χ0n) is 26.7. The lowest BCUT2D eigenvalue weighted by molar-refractivity contribution is 0.343. The van der Waals surface area contributed by atoms with Gasteiger partial charge in [-0.25, -0.2) is 0 Å². The molecule has 0 radical (unpaired) electrons. The Morgan fingerprint density at radius 3 is 0.872 bits per heavy atom. The van der Waals surface area contributed by atoms with Crippen LogP contribution in [0.1, 0.15) is 20.3 Å². The highest BCUT2D eigenvalue weighted by molar-refractivity contribution is 7.07. The summed E-state index contributed by atoms with van der Waals surface area (Å²) in [6.07, 6.45) is 0.623. The zero-order chi connectivity index (χ0) is 32.4. The van der Waals surface area contributed by atoms with Crippen LogP contribution in [-0.2, 0) is 9.05 Å². The number of rotatable bonds is 12. The average molecular weight is 647 g/mol. The first-order valence-electron chi connectivity index (χ1n) is 16.0. The first-order chi connectivity index (χ1) is 23.2. The quantitative estimate of drug-likeness (QED) is 0.0764. The van der Waals surface area contributed by atoms with Crippen molar-refractivity contribution >= 4 is 59.2 Å². The molecular weight excluding hydrogens is 609 g/mol. The van der Waals surface area contributed by atoms with Crippen molar-refractivity contribution in [3.63, 3.8) is 0 Å². The van der Waals surface area contributed by atoms with Gasteiger partial charge in [0.05, 0.1) is 5.71 Å². The maximum Gasteiger partial charge on any atom is 0.380 e. The van der Waals surface area contributed by atoms with Crippen molar-refractivity contribution in [3.05, 3.63) is 182 Å². The van der Waals surface area contributed by atoms with Gasteiger partial charge in [0.25, 0.3) is 0 Å². The first-order valence-corrected chi connectivity index (χ1v) is 19.8. The van der Waals surface area contributed by atoms with Crippen molar-refractivity contribution in [2.45, 2.75) is 20.3 Å². The molecule has 0 aliphatic heterocycles. The molecule has 0 aliphatic carbocycles. The molecule has 6 aromatic rings. The maximum atomic E-state index is 6.95. The fourth-order valence-electron chi connectivity index (χ4n) is 6.05. The minimum Gasteiger partial charge on any atom is -0.438 e. The molecule has 0 bridgehead atoms. The van der Waals surface area contributed by atoms with Crippen LogP contribution in [-0.4, -0.2) is 28.1 Å². The molecule has 0 heterocycles. The Labute approximate surface area is 279 Å². The summed E-state index contributed by atoms with van der Waals surface area (Å²) in [4.78, 5) is 0. The Bertz CT molecular complexity index is 1710. The van der Waals surface area contributed by atoms with Gasteiger partial charge in [-0.15, -0.1) is 10.3 Å². The van der Waals surface area contributed by atoms with Crippen LogP contribution in [0.25, 0.3) is 0 Å². The Balaban J connectivity index is 1.46. The van der Waals surface area contributed by atoms with Crippen LogP contribution < -0.4 is 31.1 Å². The largest absolute Gasteiger partial charge is 0.438 e. The van der Waals surface area contributed by atoms with Gasteiger partial charge >= 0.3 is 16.6 Å². The van der Waals surface area contributed by atoms with E-state index in [4.69, 9.17) is 19.4 Å². The lowest BCUT2D eigenvalue weighted by Crippen LogP contribution is -2.68. The van der Waals surface area contributed by atoms with Gasteiger partial charge in [0.1, 0.15) is 5.71 Å². The highest BCUT2D eigenvalue weighted by atomic mass is 28.4. The number of hydrogen-bond donors (Lipinski definition) is 0. The van der Waals surface area contributed by atoms with Crippen molar-refractivity contribution < 1.29 is 9.05 Å². The Kier molecular flexibility index (Phi) is 10.0. The molecule has 232 valence electrons. The van der Waals surface area contributed by atoms with Gasteiger partial charge in [0.15, 0.2) is 0 Å². The van der Waals surface area contributed by atoms with E-state index in [1.165, 1.54) is 0 Å². The normalized spacial score (nSPS) is 12.4. The standard InChI is InChI=1S/C41H38N2O2Si2/c1-3-41(43-45-47(38-28-16-7-17-29-38,39-30-18-8-19-31-39)40-32-20-9-21-33-40)34(2)42-44-46(35-22-10-4-11-23-35,36-24-12-5-13-25-36)37-26-14-6-15-27-37/h4-33H,3H2,1-2H3/b42-34+,43-41+. The van der Waals surface area contributed by atoms with E-state index in [9.17, 15) is 0 Å². The highest BCUT2D eigenvalue weighted by Crippen LogP contribution is 2.14. The van der Waals surface area contributed by atoms with E-state index < -0.39 is 16.6 Å². The second kappa shape index (κ2) is 14.9. The smallest absolute Gasteiger partial charge is 0.380 e. The second-order valence-electron chi connectivity index (χ2n) is 11.3. The Morgan fingerprint density at radius 2 is 0.638 bits per heavy atom. The summed E-state index contributed by atoms with van der Waals surface area (Å²) in [5.74, 6) is 0. The third-order valence-corrected chi connectivity index (χ3v) is 16.1. The van der Waals surface area contributed by atoms with Gasteiger partial charge in [-0.05, 0) is 44.5 Å². The first kappa shape index (κ1) is 31.7. The van der Waals surface area contributed by atoms with Gasteiger partial charge in [-0.3, -0.25) is 0 Å². The Hall–Kier alpha value is -5.31. The zero-order valence-corrected chi connectivity index (χ0v) is 28.7. The van der Waals surface area contributed by atoms with E-state index in [0.29, 0.717) is 12.1 Å². The summed E-state index contributed by atoms with van der Waals surface area (Å²) in [6, 6.07) is 62.8. The van der Waals surface area contributed by atoms with Crippen molar-refractivity contribution in [1.29, 1.82) is 0 Å². The SMILES string of the molecule is CCC(=N\O[Si](c1ccccc1)(c1ccccc1)c1ccccc1)/C(C)=N/O[Si](c1ccccc1)(c1ccccc1)c1ccccc1. The summed E-state index contributed by atoms with van der Waals surface area (Å²) >= 11 is 0.